The van der Waals surface area contributed by atoms with Crippen molar-refractivity contribution in [3.05, 3.63) is 59.6 Å². The Hall–Kier alpha value is -3.30. The zero-order chi connectivity index (χ0) is 20.9. The summed E-state index contributed by atoms with van der Waals surface area (Å²) in [6.07, 6.45) is -2.19. The molecule has 0 bridgehead atoms. The minimum Gasteiger partial charge on any atom is -0.461 e. The molecule has 1 aromatic carbocycles. The number of aliphatic imine (C=N–C) groups is 1. The van der Waals surface area contributed by atoms with Gasteiger partial charge in [-0.3, -0.25) is 10.1 Å². The summed E-state index contributed by atoms with van der Waals surface area (Å²) < 4.78 is 43.3. The normalized spacial score (nSPS) is 12.2. The zero-order valence-electron chi connectivity index (χ0n) is 16.0. The number of guanidine groups is 1. The Bertz CT molecular complexity index is 932. The Morgan fingerprint density at radius 1 is 1.24 bits per heavy atom. The minimum atomic E-state index is -4.33. The molecule has 0 amide bonds. The first-order chi connectivity index (χ1) is 13.9. The molecule has 3 aromatic rings. The van der Waals surface area contributed by atoms with Crippen molar-refractivity contribution in [2.45, 2.75) is 19.1 Å². The fourth-order valence-corrected chi connectivity index (χ4v) is 2.75. The molecule has 0 unspecified atom stereocenters. The van der Waals surface area contributed by atoms with Crippen molar-refractivity contribution in [1.82, 2.24) is 25.4 Å². The summed E-state index contributed by atoms with van der Waals surface area (Å²) in [6.45, 7) is 0.972. The van der Waals surface area contributed by atoms with Crippen molar-refractivity contribution in [1.29, 1.82) is 0 Å². The lowest BCUT2D eigenvalue weighted by Gasteiger charge is -2.22. The van der Waals surface area contributed by atoms with Gasteiger partial charge in [0.15, 0.2) is 11.7 Å². The molecule has 2 aromatic heterocycles. The molecule has 0 aliphatic heterocycles. The fraction of sp³-hybridized carbons (Fsp3) is 0.316. The van der Waals surface area contributed by atoms with E-state index >= 15 is 0 Å². The van der Waals surface area contributed by atoms with Gasteiger partial charge in [0, 0.05) is 33.6 Å². The Morgan fingerprint density at radius 3 is 2.62 bits per heavy atom. The second-order valence-corrected chi connectivity index (χ2v) is 6.36. The summed E-state index contributed by atoms with van der Waals surface area (Å²) in [5.41, 5.74) is 0.0918. The second kappa shape index (κ2) is 8.80. The first-order valence-electron chi connectivity index (χ1n) is 8.90. The van der Waals surface area contributed by atoms with E-state index < -0.39 is 11.7 Å². The molecule has 29 heavy (non-hydrogen) atoms. The molecule has 3 rings (SSSR count). The van der Waals surface area contributed by atoms with Crippen LogP contribution in [0.4, 0.5) is 13.2 Å². The lowest BCUT2D eigenvalue weighted by Crippen LogP contribution is -2.39. The number of benzene rings is 1. The van der Waals surface area contributed by atoms with E-state index in [1.54, 1.807) is 25.4 Å². The summed E-state index contributed by atoms with van der Waals surface area (Å²) in [6, 6.07) is 8.65. The predicted octanol–water partition coefficient (Wildman–Crippen LogP) is 3.33. The molecule has 0 atom stereocenters. The van der Waals surface area contributed by atoms with Crippen LogP contribution in [0.2, 0.25) is 0 Å². The Balaban J connectivity index is 1.51. The van der Waals surface area contributed by atoms with Crippen molar-refractivity contribution < 1.29 is 17.6 Å². The number of alkyl halides is 3. The molecule has 0 spiro atoms. The highest BCUT2D eigenvalue weighted by atomic mass is 19.4. The quantitative estimate of drug-likeness (QED) is 0.485. The molecule has 0 saturated carbocycles. The first kappa shape index (κ1) is 20.4. The highest BCUT2D eigenvalue weighted by molar-refractivity contribution is 5.79. The number of nitrogens with one attached hydrogen (secondary N) is 2. The van der Waals surface area contributed by atoms with Gasteiger partial charge in [0.05, 0.1) is 11.8 Å². The molecule has 10 heteroatoms. The third kappa shape index (κ3) is 5.37. The molecular weight excluding hydrogens is 385 g/mol. The highest BCUT2D eigenvalue weighted by Gasteiger charge is 2.29. The molecule has 2 heterocycles. The Kier molecular flexibility index (Phi) is 6.20. The molecule has 2 N–H and O–H groups in total. The lowest BCUT2D eigenvalue weighted by atomic mass is 10.1. The average molecular weight is 406 g/mol. The van der Waals surface area contributed by atoms with E-state index in [-0.39, 0.29) is 0 Å². The molecule has 0 saturated heterocycles. The van der Waals surface area contributed by atoms with Crippen LogP contribution in [-0.2, 0) is 19.1 Å². The van der Waals surface area contributed by atoms with Crippen LogP contribution in [0.15, 0.2) is 52.1 Å². The van der Waals surface area contributed by atoms with Crippen molar-refractivity contribution >= 4 is 5.96 Å². The number of rotatable bonds is 6. The number of aromatic amines is 1. The number of H-pyrrole nitrogens is 1. The molecule has 0 aliphatic carbocycles. The number of furan rings is 1. The van der Waals surface area contributed by atoms with Crippen LogP contribution in [-0.4, -0.2) is 46.7 Å². The number of halogens is 3. The summed E-state index contributed by atoms with van der Waals surface area (Å²) >= 11 is 0. The van der Waals surface area contributed by atoms with Crippen molar-refractivity contribution in [2.75, 3.05) is 20.6 Å². The smallest absolute Gasteiger partial charge is 0.416 e. The van der Waals surface area contributed by atoms with Gasteiger partial charge in [0.2, 0.25) is 5.82 Å². The molecule has 154 valence electrons. The predicted molar refractivity (Wildman–Crippen MR) is 102 cm³/mol. The first-order valence-corrected chi connectivity index (χ1v) is 8.90. The van der Waals surface area contributed by atoms with Gasteiger partial charge in [-0.25, -0.2) is 4.98 Å². The Morgan fingerprint density at radius 2 is 2.00 bits per heavy atom. The number of hydrogen-bond acceptors (Lipinski definition) is 4. The number of nitrogens with zero attached hydrogens (tertiary/aromatic N) is 4. The van der Waals surface area contributed by atoms with Crippen molar-refractivity contribution in [3.8, 4) is 11.6 Å². The van der Waals surface area contributed by atoms with Crippen molar-refractivity contribution in [2.24, 2.45) is 4.99 Å². The number of aromatic nitrogens is 3. The molecular formula is C19H21F3N6O. The van der Waals surface area contributed by atoms with Crippen LogP contribution in [0.25, 0.3) is 11.6 Å². The maximum Gasteiger partial charge on any atom is 0.416 e. The van der Waals surface area contributed by atoms with Gasteiger partial charge >= 0.3 is 6.18 Å². The molecule has 0 aliphatic rings. The Labute approximate surface area is 165 Å². The van der Waals surface area contributed by atoms with E-state index in [0.717, 1.165) is 17.7 Å². The van der Waals surface area contributed by atoms with Gasteiger partial charge in [-0.05, 0) is 29.8 Å². The summed E-state index contributed by atoms with van der Waals surface area (Å²) in [5, 5.41) is 10.2. The summed E-state index contributed by atoms with van der Waals surface area (Å²) in [4.78, 5) is 10.4. The van der Waals surface area contributed by atoms with Crippen LogP contribution in [0, 0.1) is 0 Å². The SMILES string of the molecule is CN=C(NCCc1nc(-c2ccco2)n[nH]1)N(C)Cc1ccc(C(F)(F)F)cc1. The van der Waals surface area contributed by atoms with Gasteiger partial charge < -0.3 is 14.6 Å². The van der Waals surface area contributed by atoms with Gasteiger partial charge in [0.1, 0.15) is 5.82 Å². The third-order valence-electron chi connectivity index (χ3n) is 4.19. The van der Waals surface area contributed by atoms with Crippen molar-refractivity contribution in [3.63, 3.8) is 0 Å². The van der Waals surface area contributed by atoms with Crippen LogP contribution in [0.1, 0.15) is 17.0 Å². The maximum atomic E-state index is 12.7. The molecule has 0 fully saturated rings. The summed E-state index contributed by atoms with van der Waals surface area (Å²) in [7, 11) is 3.46. The highest BCUT2D eigenvalue weighted by Crippen LogP contribution is 2.29. The van der Waals surface area contributed by atoms with Gasteiger partial charge in [-0.15, -0.1) is 0 Å². The topological polar surface area (TPSA) is 82.3 Å². The standard InChI is InChI=1S/C19H21F3N6O/c1-23-18(28(2)12-13-5-7-14(8-6-13)19(20,21)22)24-10-9-16-25-17(27-26-16)15-4-3-11-29-15/h3-8,11H,9-10,12H2,1-2H3,(H,23,24)(H,25,26,27). The van der Waals surface area contributed by atoms with Gasteiger partial charge in [-0.1, -0.05) is 12.1 Å². The van der Waals surface area contributed by atoms with Gasteiger partial charge in [-0.2, -0.15) is 18.3 Å². The van der Waals surface area contributed by atoms with Crippen LogP contribution >= 0.6 is 0 Å². The fourth-order valence-electron chi connectivity index (χ4n) is 2.75. The van der Waals surface area contributed by atoms with E-state index in [1.807, 2.05) is 11.9 Å². The summed E-state index contributed by atoms with van der Waals surface area (Å²) in [5.74, 6) is 2.40. The number of hydrogen-bond donors (Lipinski definition) is 2. The van der Waals surface area contributed by atoms with E-state index in [9.17, 15) is 13.2 Å². The van der Waals surface area contributed by atoms with Crippen LogP contribution in [0.3, 0.4) is 0 Å². The van der Waals surface area contributed by atoms with E-state index in [4.69, 9.17) is 4.42 Å². The van der Waals surface area contributed by atoms with E-state index in [2.05, 4.69) is 25.5 Å². The maximum absolute atomic E-state index is 12.7. The minimum absolute atomic E-state index is 0.419. The van der Waals surface area contributed by atoms with E-state index in [1.165, 1.54) is 12.1 Å². The molecule has 7 nitrogen and oxygen atoms in total. The lowest BCUT2D eigenvalue weighted by molar-refractivity contribution is -0.137. The van der Waals surface area contributed by atoms with Crippen LogP contribution < -0.4 is 5.32 Å². The largest absolute Gasteiger partial charge is 0.461 e. The van der Waals surface area contributed by atoms with Gasteiger partial charge in [0.25, 0.3) is 0 Å². The third-order valence-corrected chi connectivity index (χ3v) is 4.19. The average Bonchev–Trinajstić information content (AvgIpc) is 3.36. The molecule has 0 radical (unpaired) electrons. The van der Waals surface area contributed by atoms with E-state index in [0.29, 0.717) is 42.9 Å². The second-order valence-electron chi connectivity index (χ2n) is 6.36. The monoisotopic (exact) mass is 406 g/mol. The van der Waals surface area contributed by atoms with Crippen LogP contribution in [0.5, 0.6) is 0 Å². The zero-order valence-corrected chi connectivity index (χ0v) is 16.0.